The first-order valence-corrected chi connectivity index (χ1v) is 10.5. The smallest absolute Gasteiger partial charge is 0.266 e. The molecular formula is C23H24ClN5O2. The number of piperazine rings is 1. The number of pyridine rings is 1. The van der Waals surface area contributed by atoms with Crippen LogP contribution in [0.2, 0.25) is 5.02 Å². The normalized spacial score (nSPS) is 14.4. The van der Waals surface area contributed by atoms with E-state index in [9.17, 15) is 4.79 Å². The molecule has 1 amide bonds. The second kappa shape index (κ2) is 8.89. The van der Waals surface area contributed by atoms with Crippen molar-refractivity contribution in [3.8, 4) is 17.1 Å². The topological polar surface area (TPSA) is 71.5 Å². The van der Waals surface area contributed by atoms with E-state index >= 15 is 0 Å². The molecule has 1 aromatic carbocycles. The Morgan fingerprint density at radius 3 is 2.29 bits per heavy atom. The van der Waals surface area contributed by atoms with Gasteiger partial charge in [-0.05, 0) is 62.4 Å². The van der Waals surface area contributed by atoms with Gasteiger partial charge in [-0.2, -0.15) is 0 Å². The van der Waals surface area contributed by atoms with Crippen LogP contribution in [0.25, 0.3) is 11.4 Å². The summed E-state index contributed by atoms with van der Waals surface area (Å²) in [6, 6.07) is 16.6. The summed E-state index contributed by atoms with van der Waals surface area (Å²) in [5, 5.41) is 9.29. The van der Waals surface area contributed by atoms with Gasteiger partial charge in [0.05, 0.1) is 5.69 Å². The Morgan fingerprint density at radius 2 is 1.68 bits per heavy atom. The van der Waals surface area contributed by atoms with Crippen LogP contribution >= 0.6 is 11.6 Å². The van der Waals surface area contributed by atoms with Gasteiger partial charge in [0.2, 0.25) is 0 Å². The second-order valence-corrected chi connectivity index (χ2v) is 8.27. The molecule has 0 aliphatic carbocycles. The first kappa shape index (κ1) is 21.1. The number of rotatable bonds is 5. The minimum absolute atomic E-state index is 0.0429. The SMILES string of the molecule is CC(C)(Oc1ccc(Cl)cc1)C(=O)N1CCN(c2ccc(-c3ccccn3)nn2)CC1. The molecule has 160 valence electrons. The zero-order valence-electron chi connectivity index (χ0n) is 17.5. The molecule has 0 N–H and O–H groups in total. The first-order valence-electron chi connectivity index (χ1n) is 10.2. The molecule has 8 heteroatoms. The van der Waals surface area contributed by atoms with E-state index in [1.807, 2.05) is 35.2 Å². The number of benzene rings is 1. The van der Waals surface area contributed by atoms with Gasteiger partial charge in [0.1, 0.15) is 11.4 Å². The summed E-state index contributed by atoms with van der Waals surface area (Å²) in [7, 11) is 0. The van der Waals surface area contributed by atoms with Gasteiger partial charge in [-0.25, -0.2) is 0 Å². The number of aromatic nitrogens is 3. The summed E-state index contributed by atoms with van der Waals surface area (Å²) in [5.74, 6) is 1.37. The van der Waals surface area contributed by atoms with E-state index in [-0.39, 0.29) is 5.91 Å². The minimum atomic E-state index is -0.972. The predicted octanol–water partition coefficient (Wildman–Crippen LogP) is 3.70. The lowest BCUT2D eigenvalue weighted by atomic mass is 10.1. The van der Waals surface area contributed by atoms with Gasteiger partial charge in [-0.3, -0.25) is 9.78 Å². The van der Waals surface area contributed by atoms with E-state index in [0.29, 0.717) is 37.0 Å². The van der Waals surface area contributed by atoms with Gasteiger partial charge in [-0.15, -0.1) is 10.2 Å². The van der Waals surface area contributed by atoms with Gasteiger partial charge < -0.3 is 14.5 Å². The van der Waals surface area contributed by atoms with E-state index in [0.717, 1.165) is 17.2 Å². The molecule has 0 unspecified atom stereocenters. The van der Waals surface area contributed by atoms with Crippen LogP contribution in [-0.2, 0) is 4.79 Å². The lowest BCUT2D eigenvalue weighted by molar-refractivity contribution is -0.145. The molecule has 3 heterocycles. The van der Waals surface area contributed by atoms with E-state index in [4.69, 9.17) is 16.3 Å². The standard InChI is InChI=1S/C23H24ClN5O2/c1-23(2,31-18-8-6-17(24)7-9-18)22(30)29-15-13-28(14-16-29)21-11-10-20(26-27-21)19-5-3-4-12-25-19/h3-12H,13-16H2,1-2H3. The fourth-order valence-corrected chi connectivity index (χ4v) is 3.63. The third-order valence-corrected chi connectivity index (χ3v) is 5.42. The fourth-order valence-electron chi connectivity index (χ4n) is 3.51. The van der Waals surface area contributed by atoms with Crippen molar-refractivity contribution in [2.24, 2.45) is 0 Å². The summed E-state index contributed by atoms with van der Waals surface area (Å²) in [5.41, 5.74) is 0.555. The number of carbonyl (C=O) groups is 1. The van der Waals surface area contributed by atoms with Gasteiger partial charge in [0.25, 0.3) is 5.91 Å². The van der Waals surface area contributed by atoms with Crippen LogP contribution in [0.3, 0.4) is 0 Å². The maximum atomic E-state index is 13.1. The molecule has 31 heavy (non-hydrogen) atoms. The van der Waals surface area contributed by atoms with E-state index in [1.165, 1.54) is 0 Å². The quantitative estimate of drug-likeness (QED) is 0.606. The molecule has 1 fully saturated rings. The van der Waals surface area contributed by atoms with E-state index in [2.05, 4.69) is 20.1 Å². The van der Waals surface area contributed by atoms with Crippen molar-refractivity contribution in [3.05, 3.63) is 65.8 Å². The van der Waals surface area contributed by atoms with Crippen molar-refractivity contribution in [2.45, 2.75) is 19.4 Å². The Labute approximate surface area is 186 Å². The highest BCUT2D eigenvalue weighted by molar-refractivity contribution is 6.30. The molecule has 1 aliphatic rings. The summed E-state index contributed by atoms with van der Waals surface area (Å²) in [6.07, 6.45) is 1.74. The van der Waals surface area contributed by atoms with Crippen LogP contribution in [0.4, 0.5) is 5.82 Å². The van der Waals surface area contributed by atoms with E-state index < -0.39 is 5.60 Å². The number of halogens is 1. The molecule has 1 saturated heterocycles. The Morgan fingerprint density at radius 1 is 0.935 bits per heavy atom. The molecule has 0 bridgehead atoms. The average Bonchev–Trinajstić information content (AvgIpc) is 2.81. The predicted molar refractivity (Wildman–Crippen MR) is 120 cm³/mol. The van der Waals surface area contributed by atoms with Crippen molar-refractivity contribution in [3.63, 3.8) is 0 Å². The highest BCUT2D eigenvalue weighted by Crippen LogP contribution is 2.24. The molecule has 0 spiro atoms. The molecule has 0 atom stereocenters. The lowest BCUT2D eigenvalue weighted by Crippen LogP contribution is -2.56. The third-order valence-electron chi connectivity index (χ3n) is 5.17. The van der Waals surface area contributed by atoms with Crippen molar-refractivity contribution >= 4 is 23.3 Å². The number of amides is 1. The van der Waals surface area contributed by atoms with Crippen LogP contribution in [0.15, 0.2) is 60.8 Å². The van der Waals surface area contributed by atoms with Crippen molar-refractivity contribution in [2.75, 3.05) is 31.1 Å². The van der Waals surface area contributed by atoms with Gasteiger partial charge >= 0.3 is 0 Å². The van der Waals surface area contributed by atoms with Crippen LogP contribution < -0.4 is 9.64 Å². The van der Waals surface area contributed by atoms with Crippen LogP contribution in [0, 0.1) is 0 Å². The molecule has 3 aromatic rings. The van der Waals surface area contributed by atoms with Crippen molar-refractivity contribution in [1.82, 2.24) is 20.1 Å². The highest BCUT2D eigenvalue weighted by Gasteiger charge is 2.36. The lowest BCUT2D eigenvalue weighted by Gasteiger charge is -2.38. The number of nitrogens with zero attached hydrogens (tertiary/aromatic N) is 5. The number of anilines is 1. The van der Waals surface area contributed by atoms with Crippen LogP contribution in [0.5, 0.6) is 5.75 Å². The molecule has 1 aliphatic heterocycles. The summed E-state index contributed by atoms with van der Waals surface area (Å²) >= 11 is 5.92. The van der Waals surface area contributed by atoms with Gasteiger partial charge in [-0.1, -0.05) is 17.7 Å². The number of carbonyl (C=O) groups excluding carboxylic acids is 1. The molecule has 4 rings (SSSR count). The van der Waals surface area contributed by atoms with Crippen molar-refractivity contribution < 1.29 is 9.53 Å². The second-order valence-electron chi connectivity index (χ2n) is 7.84. The summed E-state index contributed by atoms with van der Waals surface area (Å²) < 4.78 is 5.95. The number of hydrogen-bond acceptors (Lipinski definition) is 6. The first-order chi connectivity index (χ1) is 14.9. The molecule has 2 aromatic heterocycles. The third kappa shape index (κ3) is 4.94. The monoisotopic (exact) mass is 437 g/mol. The Kier molecular flexibility index (Phi) is 6.04. The molecule has 7 nitrogen and oxygen atoms in total. The van der Waals surface area contributed by atoms with E-state index in [1.54, 1.807) is 44.3 Å². The maximum absolute atomic E-state index is 13.1. The van der Waals surface area contributed by atoms with Crippen LogP contribution in [-0.4, -0.2) is 57.8 Å². The molecular weight excluding hydrogens is 414 g/mol. The summed E-state index contributed by atoms with van der Waals surface area (Å²) in [4.78, 5) is 21.3. The Balaban J connectivity index is 1.35. The van der Waals surface area contributed by atoms with Crippen LogP contribution in [0.1, 0.15) is 13.8 Å². The summed E-state index contributed by atoms with van der Waals surface area (Å²) in [6.45, 7) is 6.13. The molecule has 0 saturated carbocycles. The fraction of sp³-hybridized carbons (Fsp3) is 0.304. The number of hydrogen-bond donors (Lipinski definition) is 0. The zero-order chi connectivity index (χ0) is 21.8. The number of ether oxygens (including phenoxy) is 1. The minimum Gasteiger partial charge on any atom is -0.478 e. The largest absolute Gasteiger partial charge is 0.478 e. The maximum Gasteiger partial charge on any atom is 0.266 e. The Hall–Kier alpha value is -3.19. The molecule has 0 radical (unpaired) electrons. The Bertz CT molecular complexity index is 1020. The average molecular weight is 438 g/mol. The van der Waals surface area contributed by atoms with Crippen molar-refractivity contribution in [1.29, 1.82) is 0 Å². The highest BCUT2D eigenvalue weighted by atomic mass is 35.5. The zero-order valence-corrected chi connectivity index (χ0v) is 18.3. The van der Waals surface area contributed by atoms with Gasteiger partial charge in [0.15, 0.2) is 11.4 Å². The van der Waals surface area contributed by atoms with Gasteiger partial charge in [0, 0.05) is 37.4 Å².